The summed E-state index contributed by atoms with van der Waals surface area (Å²) in [5.41, 5.74) is 0. The molecule has 0 aromatic rings. The van der Waals surface area contributed by atoms with Crippen molar-refractivity contribution in [3.63, 3.8) is 0 Å². The maximum Gasteiger partial charge on any atom is 0.00683 e. The Morgan fingerprint density at radius 2 is 1.55 bits per heavy atom. The zero-order valence-electron chi connectivity index (χ0n) is 13.2. The summed E-state index contributed by atoms with van der Waals surface area (Å²) in [5, 5.41) is 3.84. The van der Waals surface area contributed by atoms with Crippen LogP contribution in [0, 0.1) is 29.6 Å². The van der Waals surface area contributed by atoms with E-state index in [2.05, 4.69) is 5.32 Å². The van der Waals surface area contributed by atoms with Crippen LogP contribution in [0.1, 0.15) is 77.0 Å². The van der Waals surface area contributed by atoms with Crippen molar-refractivity contribution < 1.29 is 0 Å². The van der Waals surface area contributed by atoms with Crippen molar-refractivity contribution in [3.05, 3.63) is 0 Å². The van der Waals surface area contributed by atoms with Crippen molar-refractivity contribution in [1.82, 2.24) is 5.32 Å². The molecule has 4 aliphatic rings. The van der Waals surface area contributed by atoms with Crippen LogP contribution in [0.5, 0.6) is 0 Å². The quantitative estimate of drug-likeness (QED) is 0.713. The lowest BCUT2D eigenvalue weighted by Crippen LogP contribution is -2.30. The molecule has 4 aliphatic carbocycles. The normalized spacial score (nSPS) is 44.7. The van der Waals surface area contributed by atoms with Crippen LogP contribution in [-0.4, -0.2) is 12.6 Å². The molecule has 2 bridgehead atoms. The lowest BCUT2D eigenvalue weighted by molar-refractivity contribution is 0.203. The van der Waals surface area contributed by atoms with E-state index in [0.29, 0.717) is 0 Å². The summed E-state index contributed by atoms with van der Waals surface area (Å²) in [6, 6.07) is 0.904. The highest BCUT2D eigenvalue weighted by molar-refractivity contribution is 4.92. The zero-order chi connectivity index (χ0) is 13.4. The Balaban J connectivity index is 1.34. The van der Waals surface area contributed by atoms with Crippen molar-refractivity contribution in [2.75, 3.05) is 6.54 Å². The van der Waals surface area contributed by atoms with Gasteiger partial charge in [-0.1, -0.05) is 32.1 Å². The molecular weight excluding hydrogens is 242 g/mol. The van der Waals surface area contributed by atoms with Crippen LogP contribution in [0.25, 0.3) is 0 Å². The van der Waals surface area contributed by atoms with E-state index < -0.39 is 0 Å². The fourth-order valence-electron chi connectivity index (χ4n) is 5.70. The van der Waals surface area contributed by atoms with Crippen LogP contribution in [0.2, 0.25) is 0 Å². The van der Waals surface area contributed by atoms with Gasteiger partial charge in [0.1, 0.15) is 0 Å². The van der Waals surface area contributed by atoms with E-state index in [1.54, 1.807) is 38.5 Å². The Morgan fingerprint density at radius 1 is 0.700 bits per heavy atom. The number of hydrogen-bond acceptors (Lipinski definition) is 1. The van der Waals surface area contributed by atoms with Gasteiger partial charge in [0.25, 0.3) is 0 Å². The van der Waals surface area contributed by atoms with Gasteiger partial charge in [0.2, 0.25) is 0 Å². The smallest absolute Gasteiger partial charge is 0.00683 e. The van der Waals surface area contributed by atoms with Crippen LogP contribution in [0.3, 0.4) is 0 Å². The molecule has 4 rings (SSSR count). The molecule has 0 aromatic heterocycles. The third-order valence-electron chi connectivity index (χ3n) is 7.05. The van der Waals surface area contributed by atoms with E-state index >= 15 is 0 Å². The second-order valence-corrected chi connectivity index (χ2v) is 8.51. The summed E-state index contributed by atoms with van der Waals surface area (Å²) in [6.07, 6.45) is 18.4. The predicted molar refractivity (Wildman–Crippen MR) is 84.6 cm³/mol. The van der Waals surface area contributed by atoms with Gasteiger partial charge in [0.15, 0.2) is 0 Å². The number of hydrogen-bond donors (Lipinski definition) is 1. The van der Waals surface area contributed by atoms with Crippen LogP contribution >= 0.6 is 0 Å². The van der Waals surface area contributed by atoms with Gasteiger partial charge in [-0.2, -0.15) is 0 Å². The third-order valence-corrected chi connectivity index (χ3v) is 7.05. The van der Waals surface area contributed by atoms with Gasteiger partial charge < -0.3 is 5.32 Å². The topological polar surface area (TPSA) is 12.0 Å². The van der Waals surface area contributed by atoms with Crippen molar-refractivity contribution in [2.45, 2.75) is 83.1 Å². The Bertz CT molecular complexity index is 322. The van der Waals surface area contributed by atoms with Gasteiger partial charge in [-0.05, 0) is 81.1 Å². The average molecular weight is 275 g/mol. The minimum atomic E-state index is 0.904. The summed E-state index contributed by atoms with van der Waals surface area (Å²) in [6.45, 7) is 1.34. The molecule has 114 valence electrons. The largest absolute Gasteiger partial charge is 0.314 e. The molecule has 0 heterocycles. The highest BCUT2D eigenvalue weighted by Crippen LogP contribution is 2.51. The van der Waals surface area contributed by atoms with Gasteiger partial charge in [-0.15, -0.1) is 0 Å². The molecule has 5 unspecified atom stereocenters. The second kappa shape index (κ2) is 5.99. The molecule has 0 saturated heterocycles. The average Bonchev–Trinajstić information content (AvgIpc) is 3.12. The first-order chi connectivity index (χ1) is 9.88. The van der Waals surface area contributed by atoms with Crippen molar-refractivity contribution in [3.8, 4) is 0 Å². The van der Waals surface area contributed by atoms with Crippen LogP contribution in [-0.2, 0) is 0 Å². The number of fused-ring (bicyclic) bond motifs is 2. The van der Waals surface area contributed by atoms with E-state index in [1.165, 1.54) is 45.1 Å². The molecule has 4 saturated carbocycles. The van der Waals surface area contributed by atoms with Crippen molar-refractivity contribution >= 4 is 0 Å². The molecular formula is C19H33N. The minimum Gasteiger partial charge on any atom is -0.314 e. The Hall–Kier alpha value is -0.0400. The summed E-state index contributed by atoms with van der Waals surface area (Å²) < 4.78 is 0. The lowest BCUT2D eigenvalue weighted by Gasteiger charge is -2.31. The summed E-state index contributed by atoms with van der Waals surface area (Å²) in [7, 11) is 0. The first-order valence-electron chi connectivity index (χ1n) is 9.62. The monoisotopic (exact) mass is 275 g/mol. The van der Waals surface area contributed by atoms with E-state index in [-0.39, 0.29) is 0 Å². The highest BCUT2D eigenvalue weighted by atomic mass is 14.9. The molecule has 0 amide bonds. The maximum atomic E-state index is 3.84. The molecule has 5 atom stereocenters. The SMILES string of the molecule is C1CCC(CNC2CC2)C(CC2CC3CCC2C3)CC1. The molecule has 0 aromatic carbocycles. The molecule has 0 radical (unpaired) electrons. The second-order valence-electron chi connectivity index (χ2n) is 8.51. The molecule has 1 heteroatoms. The third kappa shape index (κ3) is 3.08. The lowest BCUT2D eigenvalue weighted by atomic mass is 9.76. The summed E-state index contributed by atoms with van der Waals surface area (Å²) >= 11 is 0. The molecule has 0 aliphatic heterocycles. The molecule has 4 fully saturated rings. The van der Waals surface area contributed by atoms with Crippen LogP contribution in [0.4, 0.5) is 0 Å². The fourth-order valence-corrected chi connectivity index (χ4v) is 5.70. The standard InChI is InChI=1S/C19H33N/c1-2-4-15(12-18-11-14-6-7-16(18)10-14)17(5-3-1)13-20-19-8-9-19/h14-20H,1-13H2. The Kier molecular flexibility index (Phi) is 4.07. The van der Waals surface area contributed by atoms with Gasteiger partial charge in [0.05, 0.1) is 0 Å². The maximum absolute atomic E-state index is 3.84. The predicted octanol–water partition coefficient (Wildman–Crippen LogP) is 4.76. The molecule has 0 spiro atoms. The van der Waals surface area contributed by atoms with Gasteiger partial charge in [-0.25, -0.2) is 0 Å². The van der Waals surface area contributed by atoms with Gasteiger partial charge >= 0.3 is 0 Å². The minimum absolute atomic E-state index is 0.904. The molecule has 1 N–H and O–H groups in total. The van der Waals surface area contributed by atoms with Crippen LogP contribution in [0.15, 0.2) is 0 Å². The first-order valence-corrected chi connectivity index (χ1v) is 9.62. The number of nitrogens with one attached hydrogen (secondary N) is 1. The van der Waals surface area contributed by atoms with Crippen LogP contribution < -0.4 is 5.32 Å². The number of rotatable bonds is 5. The van der Waals surface area contributed by atoms with Gasteiger partial charge in [0, 0.05) is 6.04 Å². The fraction of sp³-hybridized carbons (Fsp3) is 1.00. The van der Waals surface area contributed by atoms with E-state index in [1.807, 2.05) is 0 Å². The van der Waals surface area contributed by atoms with Gasteiger partial charge in [-0.3, -0.25) is 0 Å². The molecule has 1 nitrogen and oxygen atoms in total. The summed E-state index contributed by atoms with van der Waals surface area (Å²) in [4.78, 5) is 0. The first kappa shape index (κ1) is 13.6. The van der Waals surface area contributed by atoms with Crippen molar-refractivity contribution in [1.29, 1.82) is 0 Å². The van der Waals surface area contributed by atoms with E-state index in [0.717, 1.165) is 35.6 Å². The Labute approximate surface area is 125 Å². The van der Waals surface area contributed by atoms with Crippen molar-refractivity contribution in [2.24, 2.45) is 29.6 Å². The van der Waals surface area contributed by atoms with E-state index in [9.17, 15) is 0 Å². The summed E-state index contributed by atoms with van der Waals surface area (Å²) in [5.74, 6) is 5.48. The van der Waals surface area contributed by atoms with E-state index in [4.69, 9.17) is 0 Å². The Morgan fingerprint density at radius 3 is 2.25 bits per heavy atom. The molecule has 20 heavy (non-hydrogen) atoms. The highest BCUT2D eigenvalue weighted by Gasteiger charge is 2.41. The zero-order valence-corrected chi connectivity index (χ0v) is 13.2.